The van der Waals surface area contributed by atoms with E-state index in [9.17, 15) is 29.0 Å². The molecule has 0 saturated carbocycles. The molecule has 0 aliphatic heterocycles. The van der Waals surface area contributed by atoms with Crippen molar-refractivity contribution in [3.8, 4) is 33.8 Å². The molecule has 0 N–H and O–H groups in total. The number of nitrogens with zero attached hydrogens (tertiary/aromatic N) is 2. The fourth-order valence-electron chi connectivity index (χ4n) is 3.34. The lowest BCUT2D eigenvalue weighted by molar-refractivity contribution is -0.385. The van der Waals surface area contributed by atoms with Crippen LogP contribution < -0.4 is 4.74 Å². The third-order valence-electron chi connectivity index (χ3n) is 5.03. The van der Waals surface area contributed by atoms with E-state index in [0.29, 0.717) is 11.1 Å². The Kier molecular flexibility index (Phi) is 6.63. The normalized spacial score (nSPS) is 10.7. The predicted octanol–water partition coefficient (Wildman–Crippen LogP) is 8.21. The van der Waals surface area contributed by atoms with Crippen molar-refractivity contribution < 1.29 is 23.4 Å². The van der Waals surface area contributed by atoms with Gasteiger partial charge in [-0.15, -0.1) is 0 Å². The van der Waals surface area contributed by atoms with Gasteiger partial charge in [-0.05, 0) is 47.5 Å². The molecule has 0 aliphatic carbocycles. The molecule has 0 saturated heterocycles. The summed E-state index contributed by atoms with van der Waals surface area (Å²) >= 11 is 11.8. The van der Waals surface area contributed by atoms with Gasteiger partial charge in [0.25, 0.3) is 11.4 Å². The molecule has 0 atom stereocenters. The maximum atomic E-state index is 13.7. The van der Waals surface area contributed by atoms with Gasteiger partial charge in [-0.3, -0.25) is 20.2 Å². The molecule has 0 amide bonds. The van der Waals surface area contributed by atoms with Crippen molar-refractivity contribution >= 4 is 34.6 Å². The van der Waals surface area contributed by atoms with Crippen molar-refractivity contribution in [3.05, 3.63) is 115 Å². The molecule has 4 rings (SSSR count). The molecule has 11 heteroatoms. The fourth-order valence-corrected chi connectivity index (χ4v) is 3.70. The van der Waals surface area contributed by atoms with Gasteiger partial charge in [0, 0.05) is 35.4 Å². The van der Waals surface area contributed by atoms with Crippen LogP contribution in [0.4, 0.5) is 20.2 Å². The van der Waals surface area contributed by atoms with Crippen LogP contribution in [0.3, 0.4) is 0 Å². The first-order valence-electron chi connectivity index (χ1n) is 9.79. The highest BCUT2D eigenvalue weighted by molar-refractivity contribution is 6.31. The van der Waals surface area contributed by atoms with Crippen molar-refractivity contribution in [2.75, 3.05) is 0 Å². The number of non-ortho nitro benzene ring substituents is 2. The van der Waals surface area contributed by atoms with Gasteiger partial charge in [-0.1, -0.05) is 35.3 Å². The molecule has 0 radical (unpaired) electrons. The van der Waals surface area contributed by atoms with Crippen LogP contribution in [0.15, 0.2) is 72.8 Å². The van der Waals surface area contributed by atoms with E-state index in [4.69, 9.17) is 27.9 Å². The van der Waals surface area contributed by atoms with E-state index in [1.165, 1.54) is 60.7 Å². The van der Waals surface area contributed by atoms with E-state index in [-0.39, 0.29) is 44.0 Å². The van der Waals surface area contributed by atoms with E-state index < -0.39 is 21.5 Å². The van der Waals surface area contributed by atoms with Gasteiger partial charge in [-0.2, -0.15) is 0 Å². The van der Waals surface area contributed by atoms with E-state index in [1.807, 2.05) is 0 Å². The zero-order valence-corrected chi connectivity index (χ0v) is 18.9. The van der Waals surface area contributed by atoms with Gasteiger partial charge < -0.3 is 4.74 Å². The molecule has 0 fully saturated rings. The first-order valence-corrected chi connectivity index (χ1v) is 10.5. The maximum Gasteiger partial charge on any atom is 0.270 e. The number of hydrogen-bond acceptors (Lipinski definition) is 5. The molecule has 0 spiro atoms. The van der Waals surface area contributed by atoms with E-state index in [2.05, 4.69) is 0 Å². The van der Waals surface area contributed by atoms with Crippen molar-refractivity contribution in [1.29, 1.82) is 0 Å². The van der Waals surface area contributed by atoms with Crippen LogP contribution in [-0.2, 0) is 0 Å². The summed E-state index contributed by atoms with van der Waals surface area (Å²) in [6, 6.07) is 15.1. The highest BCUT2D eigenvalue weighted by Gasteiger charge is 2.19. The molecule has 0 aromatic heterocycles. The quantitative estimate of drug-likeness (QED) is 0.190. The number of hydrogen-bond donors (Lipinski definition) is 0. The van der Waals surface area contributed by atoms with E-state index >= 15 is 0 Å². The van der Waals surface area contributed by atoms with Crippen LogP contribution in [0.2, 0.25) is 10.0 Å². The van der Waals surface area contributed by atoms with Crippen molar-refractivity contribution in [2.24, 2.45) is 0 Å². The number of halogens is 4. The Hall–Kier alpha value is -4.08. The summed E-state index contributed by atoms with van der Waals surface area (Å²) in [4.78, 5) is 21.5. The Bertz CT molecular complexity index is 1390. The Labute approximate surface area is 206 Å². The smallest absolute Gasteiger partial charge is 0.270 e. The number of nitro groups is 2. The average Bonchev–Trinajstić information content (AvgIpc) is 2.83. The lowest BCUT2D eigenvalue weighted by Crippen LogP contribution is -1.96. The molecule has 0 bridgehead atoms. The zero-order valence-electron chi connectivity index (χ0n) is 17.4. The second kappa shape index (κ2) is 9.65. The summed E-state index contributed by atoms with van der Waals surface area (Å²) in [7, 11) is 0. The van der Waals surface area contributed by atoms with Gasteiger partial charge in [-0.25, -0.2) is 8.78 Å². The summed E-state index contributed by atoms with van der Waals surface area (Å²) in [5.74, 6) is -1.09. The molecule has 7 nitrogen and oxygen atoms in total. The lowest BCUT2D eigenvalue weighted by Gasteiger charge is -2.15. The Balaban J connectivity index is 1.88. The zero-order chi connectivity index (χ0) is 25.3. The van der Waals surface area contributed by atoms with Gasteiger partial charge in [0.15, 0.2) is 0 Å². The van der Waals surface area contributed by atoms with Gasteiger partial charge >= 0.3 is 0 Å². The topological polar surface area (TPSA) is 95.5 Å². The summed E-state index contributed by atoms with van der Waals surface area (Å²) in [5, 5.41) is 22.3. The van der Waals surface area contributed by atoms with Gasteiger partial charge in [0.05, 0.1) is 19.9 Å². The Morgan fingerprint density at radius 3 is 1.37 bits per heavy atom. The summed E-state index contributed by atoms with van der Waals surface area (Å²) in [6.07, 6.45) is 0. The lowest BCUT2D eigenvalue weighted by atomic mass is 10.0. The molecule has 4 aromatic rings. The first-order chi connectivity index (χ1) is 16.6. The highest BCUT2D eigenvalue weighted by atomic mass is 35.5. The van der Waals surface area contributed by atoms with Crippen LogP contribution in [0.5, 0.6) is 11.5 Å². The van der Waals surface area contributed by atoms with Crippen LogP contribution >= 0.6 is 23.2 Å². The fraction of sp³-hybridized carbons (Fsp3) is 0. The Morgan fingerprint density at radius 2 is 1.03 bits per heavy atom. The minimum atomic E-state index is -0.672. The standard InChI is InChI=1S/C24H12Cl2F2N2O5/c25-19-9-13(1-5-21(19)27)17-11-15(29(31)32)3-7-23(17)35-24-8-4-16(30(33)34)12-18(24)14-2-6-22(28)20(26)10-14/h1-12H. The van der Waals surface area contributed by atoms with Crippen LogP contribution in [0, 0.1) is 31.9 Å². The van der Waals surface area contributed by atoms with Gasteiger partial charge in [0.2, 0.25) is 0 Å². The molecule has 0 unspecified atom stereocenters. The summed E-state index contributed by atoms with van der Waals surface area (Å²) < 4.78 is 33.5. The van der Waals surface area contributed by atoms with Crippen LogP contribution in [-0.4, -0.2) is 9.85 Å². The average molecular weight is 517 g/mol. The minimum absolute atomic E-state index is 0.126. The largest absolute Gasteiger partial charge is 0.456 e. The molecule has 0 aliphatic rings. The van der Waals surface area contributed by atoms with Gasteiger partial charge in [0.1, 0.15) is 23.1 Å². The van der Waals surface area contributed by atoms with Crippen LogP contribution in [0.25, 0.3) is 22.3 Å². The SMILES string of the molecule is O=[N+]([O-])c1ccc(Oc2ccc([N+](=O)[O-])cc2-c2ccc(F)c(Cl)c2)c(-c2ccc(F)c(Cl)c2)c1. The molecule has 4 aromatic carbocycles. The monoisotopic (exact) mass is 516 g/mol. The minimum Gasteiger partial charge on any atom is -0.456 e. The number of benzene rings is 4. The maximum absolute atomic E-state index is 13.7. The van der Waals surface area contributed by atoms with Crippen molar-refractivity contribution in [2.45, 2.75) is 0 Å². The molecule has 0 heterocycles. The molecular weight excluding hydrogens is 505 g/mol. The van der Waals surface area contributed by atoms with E-state index in [1.54, 1.807) is 0 Å². The summed E-state index contributed by atoms with van der Waals surface area (Å²) in [5.41, 5.74) is 0.626. The molecule has 176 valence electrons. The second-order valence-corrected chi connectivity index (χ2v) is 8.05. The van der Waals surface area contributed by atoms with Crippen molar-refractivity contribution in [1.82, 2.24) is 0 Å². The second-order valence-electron chi connectivity index (χ2n) is 7.23. The number of ether oxygens (including phenoxy) is 1. The number of rotatable bonds is 6. The van der Waals surface area contributed by atoms with E-state index in [0.717, 1.165) is 12.1 Å². The molecule has 35 heavy (non-hydrogen) atoms. The van der Waals surface area contributed by atoms with Crippen LogP contribution in [0.1, 0.15) is 0 Å². The Morgan fingerprint density at radius 1 is 0.629 bits per heavy atom. The number of nitro benzene ring substituents is 2. The summed E-state index contributed by atoms with van der Waals surface area (Å²) in [6.45, 7) is 0. The molecular formula is C24H12Cl2F2N2O5. The first kappa shape index (κ1) is 24.1. The van der Waals surface area contributed by atoms with Crippen molar-refractivity contribution in [3.63, 3.8) is 0 Å². The highest BCUT2D eigenvalue weighted by Crippen LogP contribution is 2.42. The third-order valence-corrected chi connectivity index (χ3v) is 5.61. The third kappa shape index (κ3) is 5.06. The predicted molar refractivity (Wildman–Crippen MR) is 127 cm³/mol.